The minimum absolute atomic E-state index is 0.0987. The first-order chi connectivity index (χ1) is 15.3. The van der Waals surface area contributed by atoms with Crippen molar-refractivity contribution in [2.24, 2.45) is 0 Å². The molecule has 32 heavy (non-hydrogen) atoms. The zero-order valence-electron chi connectivity index (χ0n) is 17.5. The Kier molecular flexibility index (Phi) is 7.54. The van der Waals surface area contributed by atoms with Gasteiger partial charge in [-0.25, -0.2) is 4.79 Å². The number of nitrogens with one attached hydrogen (secondary N) is 1. The molecule has 1 saturated heterocycles. The zero-order valence-corrected chi connectivity index (χ0v) is 17.5. The van der Waals surface area contributed by atoms with E-state index in [-0.39, 0.29) is 43.8 Å². The van der Waals surface area contributed by atoms with Gasteiger partial charge in [0.2, 0.25) is 0 Å². The second-order valence-electron chi connectivity index (χ2n) is 7.20. The highest BCUT2D eigenvalue weighted by molar-refractivity contribution is 5.96. The van der Waals surface area contributed by atoms with Gasteiger partial charge in [0, 0.05) is 32.7 Å². The predicted octanol–water partition coefficient (Wildman–Crippen LogP) is 3.33. The smallest absolute Gasteiger partial charge is 0.374 e. The number of hydrogen-bond acceptors (Lipinski definition) is 7. The van der Waals surface area contributed by atoms with Crippen molar-refractivity contribution in [3.8, 4) is 6.08 Å². The molecule has 1 aromatic heterocycles. The maximum atomic E-state index is 13.2. The summed E-state index contributed by atoms with van der Waals surface area (Å²) in [6, 6.07) is 4.81. The largest absolute Gasteiger partial charge is 0.425 e. The Bertz CT molecular complexity index is 926. The number of unbranched alkanes of at least 4 members (excludes halogenated alkanes) is 2. The van der Waals surface area contributed by atoms with E-state index >= 15 is 0 Å². The number of anilines is 1. The van der Waals surface area contributed by atoms with Crippen LogP contribution in [0.25, 0.3) is 0 Å². The number of nitrogens with zero attached hydrogens (tertiary/aromatic N) is 4. The van der Waals surface area contributed by atoms with Gasteiger partial charge in [0.05, 0.1) is 11.1 Å². The normalized spacial score (nSPS) is 14.4. The standard InChI is InChI=1S/C20H24F3N5O4/c1-2-3-6-9-24-18(30)32-19-26-25-17(31-19)28-12-10-27(11-13-28)16(29)14-7-4-5-8-15(14)20(21,22)23/h4-5,7-8H,2-3,6,9-13H2,1H3,(H,24,30). The molecule has 0 aliphatic carbocycles. The Hall–Kier alpha value is -3.31. The number of carbonyl (C=O) groups excluding carboxylic acids is 2. The van der Waals surface area contributed by atoms with Gasteiger partial charge in [0.1, 0.15) is 0 Å². The van der Waals surface area contributed by atoms with Crippen LogP contribution in [-0.2, 0) is 6.18 Å². The Morgan fingerprint density at radius 1 is 1.12 bits per heavy atom. The van der Waals surface area contributed by atoms with Crippen molar-refractivity contribution >= 4 is 18.0 Å². The summed E-state index contributed by atoms with van der Waals surface area (Å²) in [4.78, 5) is 27.4. The van der Waals surface area contributed by atoms with Crippen molar-refractivity contribution in [3.63, 3.8) is 0 Å². The lowest BCUT2D eigenvalue weighted by molar-refractivity contribution is -0.138. The molecule has 1 N–H and O–H groups in total. The molecule has 1 aromatic carbocycles. The van der Waals surface area contributed by atoms with Gasteiger partial charge >= 0.3 is 24.4 Å². The summed E-state index contributed by atoms with van der Waals surface area (Å²) in [5.41, 5.74) is -1.34. The van der Waals surface area contributed by atoms with Gasteiger partial charge in [-0.15, -0.1) is 0 Å². The molecule has 0 bridgehead atoms. The van der Waals surface area contributed by atoms with Gasteiger partial charge in [-0.3, -0.25) is 4.79 Å². The van der Waals surface area contributed by atoms with Gasteiger partial charge < -0.3 is 24.3 Å². The molecule has 3 rings (SSSR count). The molecule has 12 heteroatoms. The number of ether oxygens (including phenoxy) is 1. The van der Waals surface area contributed by atoms with Crippen molar-refractivity contribution in [1.82, 2.24) is 20.4 Å². The summed E-state index contributed by atoms with van der Waals surface area (Å²) in [6.07, 6.45) is -2.78. The number of rotatable bonds is 7. The van der Waals surface area contributed by atoms with Crippen LogP contribution in [0.15, 0.2) is 28.7 Å². The highest BCUT2D eigenvalue weighted by Gasteiger charge is 2.36. The molecule has 174 valence electrons. The lowest BCUT2D eigenvalue weighted by Crippen LogP contribution is -2.49. The molecule has 0 unspecified atom stereocenters. The van der Waals surface area contributed by atoms with Gasteiger partial charge in [0.25, 0.3) is 5.91 Å². The molecule has 0 spiro atoms. The zero-order chi connectivity index (χ0) is 23.1. The van der Waals surface area contributed by atoms with Gasteiger partial charge in [0.15, 0.2) is 0 Å². The number of piperazine rings is 1. The first kappa shape index (κ1) is 23.4. The highest BCUT2D eigenvalue weighted by Crippen LogP contribution is 2.32. The predicted molar refractivity (Wildman–Crippen MR) is 107 cm³/mol. The number of aromatic nitrogens is 2. The highest BCUT2D eigenvalue weighted by atomic mass is 19.4. The third-order valence-corrected chi connectivity index (χ3v) is 4.93. The molecule has 2 amide bonds. The molecular formula is C20H24F3N5O4. The average molecular weight is 455 g/mol. The van der Waals surface area contributed by atoms with Gasteiger partial charge in [-0.05, 0) is 18.6 Å². The van der Waals surface area contributed by atoms with Gasteiger partial charge in [-0.2, -0.15) is 13.2 Å². The Morgan fingerprint density at radius 3 is 2.53 bits per heavy atom. The van der Waals surface area contributed by atoms with Crippen molar-refractivity contribution in [2.45, 2.75) is 32.4 Å². The first-order valence-electron chi connectivity index (χ1n) is 10.3. The summed E-state index contributed by atoms with van der Waals surface area (Å²) in [5.74, 6) is -0.688. The van der Waals surface area contributed by atoms with E-state index in [0.29, 0.717) is 6.54 Å². The molecule has 0 saturated carbocycles. The maximum absolute atomic E-state index is 13.2. The minimum atomic E-state index is -4.61. The fraction of sp³-hybridized carbons (Fsp3) is 0.500. The summed E-state index contributed by atoms with van der Waals surface area (Å²) in [6.45, 7) is 3.40. The van der Waals surface area contributed by atoms with Crippen molar-refractivity contribution < 1.29 is 31.9 Å². The van der Waals surface area contributed by atoms with Crippen LogP contribution < -0.4 is 15.0 Å². The number of benzene rings is 1. The van der Waals surface area contributed by atoms with E-state index < -0.39 is 23.7 Å². The van der Waals surface area contributed by atoms with E-state index in [2.05, 4.69) is 22.4 Å². The van der Waals surface area contributed by atoms with Crippen LogP contribution >= 0.6 is 0 Å². The monoisotopic (exact) mass is 455 g/mol. The van der Waals surface area contributed by atoms with Crippen LogP contribution in [-0.4, -0.2) is 59.8 Å². The summed E-state index contributed by atoms with van der Waals surface area (Å²) >= 11 is 0. The topological polar surface area (TPSA) is 101 Å². The van der Waals surface area contributed by atoms with E-state index in [1.165, 1.54) is 23.1 Å². The summed E-state index contributed by atoms with van der Waals surface area (Å²) < 4.78 is 49.9. The van der Waals surface area contributed by atoms with Crippen LogP contribution in [0, 0.1) is 0 Å². The molecule has 2 heterocycles. The fourth-order valence-corrected chi connectivity index (χ4v) is 3.24. The van der Waals surface area contributed by atoms with Crippen molar-refractivity contribution in [2.75, 3.05) is 37.6 Å². The molecule has 1 aliphatic heterocycles. The fourth-order valence-electron chi connectivity index (χ4n) is 3.24. The SMILES string of the molecule is CCCCCNC(=O)Oc1nnc(N2CCN(C(=O)c3ccccc3C(F)(F)F)CC2)o1. The molecule has 1 fully saturated rings. The lowest BCUT2D eigenvalue weighted by Gasteiger charge is -2.34. The second-order valence-corrected chi connectivity index (χ2v) is 7.20. The molecule has 2 aromatic rings. The molecular weight excluding hydrogens is 431 g/mol. The van der Waals surface area contributed by atoms with E-state index in [0.717, 1.165) is 25.3 Å². The molecule has 0 radical (unpaired) electrons. The van der Waals surface area contributed by atoms with E-state index in [1.54, 1.807) is 4.90 Å². The molecule has 1 aliphatic rings. The van der Waals surface area contributed by atoms with Crippen LogP contribution in [0.4, 0.5) is 24.0 Å². The third kappa shape index (κ3) is 5.89. The summed E-state index contributed by atoms with van der Waals surface area (Å²) in [5, 5.41) is 10.1. The minimum Gasteiger partial charge on any atom is -0.374 e. The Labute approximate surface area is 182 Å². The Balaban J connectivity index is 1.53. The van der Waals surface area contributed by atoms with Crippen LogP contribution in [0.1, 0.15) is 42.1 Å². The number of halogens is 3. The van der Waals surface area contributed by atoms with Crippen molar-refractivity contribution in [1.29, 1.82) is 0 Å². The van der Waals surface area contributed by atoms with E-state index in [4.69, 9.17) is 9.15 Å². The van der Waals surface area contributed by atoms with Crippen LogP contribution in [0.3, 0.4) is 0 Å². The number of carbonyl (C=O) groups is 2. The number of hydrogen-bond donors (Lipinski definition) is 1. The molecule has 0 atom stereocenters. The molecule has 9 nitrogen and oxygen atoms in total. The van der Waals surface area contributed by atoms with Crippen LogP contribution in [0.2, 0.25) is 0 Å². The van der Waals surface area contributed by atoms with Crippen molar-refractivity contribution in [3.05, 3.63) is 35.4 Å². The second kappa shape index (κ2) is 10.3. The first-order valence-corrected chi connectivity index (χ1v) is 10.3. The van der Waals surface area contributed by atoms with Crippen LogP contribution in [0.5, 0.6) is 6.08 Å². The summed E-state index contributed by atoms with van der Waals surface area (Å²) in [7, 11) is 0. The lowest BCUT2D eigenvalue weighted by atomic mass is 10.1. The van der Waals surface area contributed by atoms with E-state index in [1.807, 2.05) is 0 Å². The number of amides is 2. The van der Waals surface area contributed by atoms with E-state index in [9.17, 15) is 22.8 Å². The Morgan fingerprint density at radius 2 is 1.84 bits per heavy atom. The maximum Gasteiger partial charge on any atom is 0.425 e. The quantitative estimate of drug-likeness (QED) is 0.639. The van der Waals surface area contributed by atoms with Gasteiger partial charge in [-0.1, -0.05) is 42.1 Å². The average Bonchev–Trinajstić information content (AvgIpc) is 3.24. The third-order valence-electron chi connectivity index (χ3n) is 4.93. The number of alkyl halides is 3.